The summed E-state index contributed by atoms with van der Waals surface area (Å²) in [7, 11) is 0. The zero-order chi connectivity index (χ0) is 12.3. The number of ether oxygens (including phenoxy) is 1. The Morgan fingerprint density at radius 2 is 2.47 bits per heavy atom. The number of hydrogen-bond acceptors (Lipinski definition) is 4. The highest BCUT2D eigenvalue weighted by Crippen LogP contribution is 2.11. The molecule has 94 valence electrons. The topological polar surface area (TPSA) is 91.1 Å². The fourth-order valence-electron chi connectivity index (χ4n) is 1.92. The van der Waals surface area contributed by atoms with E-state index < -0.39 is 5.69 Å². The number of morpholine rings is 1. The van der Waals surface area contributed by atoms with Gasteiger partial charge in [-0.3, -0.25) is 9.78 Å². The van der Waals surface area contributed by atoms with E-state index >= 15 is 0 Å². The lowest BCUT2D eigenvalue weighted by molar-refractivity contribution is -0.0254. The fourth-order valence-corrected chi connectivity index (χ4v) is 1.92. The van der Waals surface area contributed by atoms with Crippen LogP contribution in [0.5, 0.6) is 0 Å². The van der Waals surface area contributed by atoms with E-state index in [1.165, 1.54) is 0 Å². The molecule has 2 rings (SSSR count). The summed E-state index contributed by atoms with van der Waals surface area (Å²) in [5.41, 5.74) is -0.466. The Hall–Kier alpha value is -1.63. The van der Waals surface area contributed by atoms with Gasteiger partial charge in [0.25, 0.3) is 5.91 Å². The fraction of sp³-hybridized carbons (Fsp3) is 0.700. The van der Waals surface area contributed by atoms with Crippen molar-refractivity contribution in [3.8, 4) is 0 Å². The lowest BCUT2D eigenvalue weighted by atomic mass is 10.1. The quantitative estimate of drug-likeness (QED) is 0.761. The number of amides is 1. The molecule has 2 heterocycles. The molecule has 0 saturated carbocycles. The molecule has 0 spiro atoms. The third-order valence-electron chi connectivity index (χ3n) is 2.74. The van der Waals surface area contributed by atoms with Crippen LogP contribution in [-0.2, 0) is 4.74 Å². The van der Waals surface area contributed by atoms with Crippen molar-refractivity contribution in [3.05, 3.63) is 16.3 Å². The molecular formula is C10H16N4O3. The van der Waals surface area contributed by atoms with Crippen LogP contribution in [0.4, 0.5) is 0 Å². The molecule has 0 bridgehead atoms. The van der Waals surface area contributed by atoms with Crippen molar-refractivity contribution in [2.45, 2.75) is 25.9 Å². The Balaban J connectivity index is 2.02. The lowest BCUT2D eigenvalue weighted by Crippen LogP contribution is -2.46. The van der Waals surface area contributed by atoms with Crippen LogP contribution in [0.2, 0.25) is 0 Å². The highest BCUT2D eigenvalue weighted by molar-refractivity contribution is 5.90. The van der Waals surface area contributed by atoms with Crippen LogP contribution in [0.3, 0.4) is 0 Å². The van der Waals surface area contributed by atoms with Crippen molar-refractivity contribution in [1.29, 1.82) is 0 Å². The number of rotatable bonds is 3. The molecule has 7 nitrogen and oxygen atoms in total. The first-order valence-electron chi connectivity index (χ1n) is 5.76. The molecule has 1 unspecified atom stereocenters. The van der Waals surface area contributed by atoms with E-state index in [-0.39, 0.29) is 17.8 Å². The third-order valence-corrected chi connectivity index (χ3v) is 2.74. The van der Waals surface area contributed by atoms with Gasteiger partial charge < -0.3 is 9.64 Å². The summed E-state index contributed by atoms with van der Waals surface area (Å²) in [6, 6.07) is 0. The summed E-state index contributed by atoms with van der Waals surface area (Å²) in [6.45, 7) is 3.70. The van der Waals surface area contributed by atoms with E-state index in [0.717, 1.165) is 12.8 Å². The maximum Gasteiger partial charge on any atom is 0.341 e. The van der Waals surface area contributed by atoms with Crippen molar-refractivity contribution in [2.24, 2.45) is 0 Å². The first-order chi connectivity index (χ1) is 8.20. The van der Waals surface area contributed by atoms with E-state index in [1.807, 2.05) is 0 Å². The molecule has 1 aliphatic rings. The minimum atomic E-state index is -0.466. The molecule has 1 saturated heterocycles. The molecule has 1 amide bonds. The van der Waals surface area contributed by atoms with E-state index in [1.54, 1.807) is 4.90 Å². The van der Waals surface area contributed by atoms with Gasteiger partial charge in [-0.25, -0.2) is 9.89 Å². The SMILES string of the molecule is CCCC1CN(C(=O)c2n[nH]c(=O)[nH]2)CCO1. The number of nitrogens with one attached hydrogen (secondary N) is 2. The smallest absolute Gasteiger partial charge is 0.341 e. The summed E-state index contributed by atoms with van der Waals surface area (Å²) >= 11 is 0. The number of carbonyl (C=O) groups is 1. The Kier molecular flexibility index (Phi) is 3.58. The number of aromatic amines is 2. The largest absolute Gasteiger partial charge is 0.375 e. The molecule has 1 fully saturated rings. The van der Waals surface area contributed by atoms with Gasteiger partial charge in [-0.2, -0.15) is 0 Å². The number of nitrogens with zero attached hydrogens (tertiary/aromatic N) is 2. The van der Waals surface area contributed by atoms with Crippen LogP contribution >= 0.6 is 0 Å². The van der Waals surface area contributed by atoms with Crippen LogP contribution in [0.1, 0.15) is 30.4 Å². The molecule has 1 aromatic heterocycles. The van der Waals surface area contributed by atoms with E-state index in [2.05, 4.69) is 22.1 Å². The molecular weight excluding hydrogens is 224 g/mol. The predicted molar refractivity (Wildman–Crippen MR) is 59.8 cm³/mol. The van der Waals surface area contributed by atoms with Crippen LogP contribution in [0.25, 0.3) is 0 Å². The molecule has 7 heteroatoms. The minimum absolute atomic E-state index is 0.0622. The van der Waals surface area contributed by atoms with Crippen LogP contribution in [0.15, 0.2) is 4.79 Å². The zero-order valence-electron chi connectivity index (χ0n) is 9.73. The van der Waals surface area contributed by atoms with Crippen molar-refractivity contribution >= 4 is 5.91 Å². The maximum absolute atomic E-state index is 12.0. The van der Waals surface area contributed by atoms with Gasteiger partial charge in [-0.05, 0) is 6.42 Å². The summed E-state index contributed by atoms with van der Waals surface area (Å²) < 4.78 is 5.55. The van der Waals surface area contributed by atoms with Gasteiger partial charge in [0.05, 0.1) is 12.7 Å². The van der Waals surface area contributed by atoms with Crippen molar-refractivity contribution < 1.29 is 9.53 Å². The summed E-state index contributed by atoms with van der Waals surface area (Å²) in [5.74, 6) is -0.195. The van der Waals surface area contributed by atoms with Crippen LogP contribution in [0, 0.1) is 0 Å². The van der Waals surface area contributed by atoms with E-state index in [4.69, 9.17) is 4.74 Å². The maximum atomic E-state index is 12.0. The van der Waals surface area contributed by atoms with Gasteiger partial charge in [0.15, 0.2) is 0 Å². The minimum Gasteiger partial charge on any atom is -0.375 e. The molecule has 2 N–H and O–H groups in total. The van der Waals surface area contributed by atoms with Crippen LogP contribution in [-0.4, -0.2) is 51.8 Å². The Labute approximate surface area is 98.2 Å². The molecule has 1 aromatic rings. The summed E-state index contributed by atoms with van der Waals surface area (Å²) in [4.78, 5) is 26.9. The van der Waals surface area contributed by atoms with Gasteiger partial charge in [0, 0.05) is 13.1 Å². The van der Waals surface area contributed by atoms with Gasteiger partial charge in [-0.15, -0.1) is 5.10 Å². The second-order valence-corrected chi connectivity index (χ2v) is 4.06. The average Bonchev–Trinajstić information content (AvgIpc) is 2.76. The molecule has 1 aliphatic heterocycles. The second-order valence-electron chi connectivity index (χ2n) is 4.06. The highest BCUT2D eigenvalue weighted by atomic mass is 16.5. The first kappa shape index (κ1) is 11.8. The average molecular weight is 240 g/mol. The molecule has 0 aromatic carbocycles. The Bertz CT molecular complexity index is 437. The third kappa shape index (κ3) is 2.73. The monoisotopic (exact) mass is 240 g/mol. The number of aromatic nitrogens is 3. The van der Waals surface area contributed by atoms with Gasteiger partial charge in [0.2, 0.25) is 5.82 Å². The predicted octanol–water partition coefficient (Wildman–Crippen LogP) is -0.261. The molecule has 0 radical (unpaired) electrons. The van der Waals surface area contributed by atoms with Crippen molar-refractivity contribution in [2.75, 3.05) is 19.7 Å². The number of H-pyrrole nitrogens is 2. The molecule has 17 heavy (non-hydrogen) atoms. The zero-order valence-corrected chi connectivity index (χ0v) is 9.73. The normalized spacial score (nSPS) is 20.5. The van der Waals surface area contributed by atoms with Crippen molar-refractivity contribution in [1.82, 2.24) is 20.1 Å². The number of hydrogen-bond donors (Lipinski definition) is 2. The second kappa shape index (κ2) is 5.13. The Morgan fingerprint density at radius 1 is 1.65 bits per heavy atom. The summed E-state index contributed by atoms with van der Waals surface area (Å²) in [6.07, 6.45) is 2.04. The number of carbonyl (C=O) groups excluding carboxylic acids is 1. The van der Waals surface area contributed by atoms with E-state index in [9.17, 15) is 9.59 Å². The highest BCUT2D eigenvalue weighted by Gasteiger charge is 2.26. The van der Waals surface area contributed by atoms with Gasteiger partial charge >= 0.3 is 5.69 Å². The Morgan fingerprint density at radius 3 is 3.12 bits per heavy atom. The van der Waals surface area contributed by atoms with Gasteiger partial charge in [0.1, 0.15) is 0 Å². The first-order valence-corrected chi connectivity index (χ1v) is 5.76. The molecule has 1 atom stereocenters. The van der Waals surface area contributed by atoms with Crippen LogP contribution < -0.4 is 5.69 Å². The summed E-state index contributed by atoms with van der Waals surface area (Å²) in [5, 5.41) is 5.82. The molecule has 0 aliphatic carbocycles. The van der Waals surface area contributed by atoms with Gasteiger partial charge in [-0.1, -0.05) is 13.3 Å². The van der Waals surface area contributed by atoms with E-state index in [0.29, 0.717) is 19.7 Å². The standard InChI is InChI=1S/C10H16N4O3/c1-2-3-7-6-14(4-5-17-7)9(15)8-11-10(16)13-12-8/h7H,2-6H2,1H3,(H2,11,12,13,16). The van der Waals surface area contributed by atoms with Crippen molar-refractivity contribution in [3.63, 3.8) is 0 Å². The lowest BCUT2D eigenvalue weighted by Gasteiger charge is -2.32.